The Morgan fingerprint density at radius 3 is 2.86 bits per heavy atom. The predicted octanol–water partition coefficient (Wildman–Crippen LogP) is 0.594. The van der Waals surface area contributed by atoms with Crippen LogP contribution in [0.5, 0.6) is 0 Å². The van der Waals surface area contributed by atoms with Crippen LogP contribution in [0.2, 0.25) is 5.02 Å². The van der Waals surface area contributed by atoms with Crippen LogP contribution in [0.15, 0.2) is 30.3 Å². The van der Waals surface area contributed by atoms with Gasteiger partial charge in [0.15, 0.2) is 6.29 Å². The summed E-state index contributed by atoms with van der Waals surface area (Å²) in [4.78, 5) is 25.0. The number of hydrazine groups is 1. The maximum atomic E-state index is 12.5. The van der Waals surface area contributed by atoms with Crippen molar-refractivity contribution < 1.29 is 9.59 Å². The van der Waals surface area contributed by atoms with E-state index in [1.165, 1.54) is 0 Å². The van der Waals surface area contributed by atoms with Crippen LogP contribution in [0, 0.1) is 12.8 Å². The molecule has 0 saturated carbocycles. The van der Waals surface area contributed by atoms with Gasteiger partial charge in [-0.3, -0.25) is 20.3 Å². The first-order chi connectivity index (χ1) is 13.4. The van der Waals surface area contributed by atoms with Gasteiger partial charge in [-0.15, -0.1) is 0 Å². The Balaban J connectivity index is 1.49. The summed E-state index contributed by atoms with van der Waals surface area (Å²) in [6, 6.07) is 8.91. The first-order valence-electron chi connectivity index (χ1n) is 9.04. The molecule has 10 heteroatoms. The van der Waals surface area contributed by atoms with Gasteiger partial charge < -0.3 is 10.6 Å². The van der Waals surface area contributed by atoms with Gasteiger partial charge in [0.2, 0.25) is 11.8 Å². The number of fused-ring (bicyclic) bond motifs is 1. The maximum Gasteiger partial charge on any atom is 0.230 e. The van der Waals surface area contributed by atoms with Crippen LogP contribution in [0.1, 0.15) is 17.5 Å². The lowest BCUT2D eigenvalue weighted by atomic mass is 10.1. The van der Waals surface area contributed by atoms with Crippen LogP contribution in [0.3, 0.4) is 0 Å². The van der Waals surface area contributed by atoms with Gasteiger partial charge in [0.1, 0.15) is 5.82 Å². The second-order valence-corrected chi connectivity index (χ2v) is 7.51. The summed E-state index contributed by atoms with van der Waals surface area (Å²) in [7, 11) is 1.89. The first-order valence-corrected chi connectivity index (χ1v) is 9.42. The normalized spacial score (nSPS) is 24.7. The van der Waals surface area contributed by atoms with Gasteiger partial charge in [-0.25, -0.2) is 9.69 Å². The van der Waals surface area contributed by atoms with Gasteiger partial charge >= 0.3 is 0 Å². The zero-order valence-corrected chi connectivity index (χ0v) is 16.3. The van der Waals surface area contributed by atoms with Crippen molar-refractivity contribution in [1.82, 2.24) is 30.8 Å². The molecule has 0 aliphatic carbocycles. The molecule has 2 aliphatic heterocycles. The maximum absolute atomic E-state index is 12.5. The van der Waals surface area contributed by atoms with Crippen molar-refractivity contribution in [3.05, 3.63) is 46.6 Å². The average Bonchev–Trinajstić information content (AvgIpc) is 3.20. The van der Waals surface area contributed by atoms with Gasteiger partial charge in [-0.2, -0.15) is 5.10 Å². The quantitative estimate of drug-likeness (QED) is 0.596. The van der Waals surface area contributed by atoms with Crippen LogP contribution in [0.4, 0.5) is 5.82 Å². The lowest BCUT2D eigenvalue weighted by Gasteiger charge is -2.35. The summed E-state index contributed by atoms with van der Waals surface area (Å²) >= 11 is 5.89. The van der Waals surface area contributed by atoms with E-state index in [-0.39, 0.29) is 30.3 Å². The Labute approximate surface area is 167 Å². The number of aryl methyl sites for hydroxylation is 1. The van der Waals surface area contributed by atoms with Gasteiger partial charge in [-0.05, 0) is 24.6 Å². The first kappa shape index (κ1) is 18.9. The molecule has 2 aliphatic rings. The molecular weight excluding hydrogens is 382 g/mol. The number of nitrogens with one attached hydrogen (secondary N) is 4. The summed E-state index contributed by atoms with van der Waals surface area (Å²) in [5.74, 6) is 0.0995. The summed E-state index contributed by atoms with van der Waals surface area (Å²) in [5, 5.41) is 16.1. The lowest BCUT2D eigenvalue weighted by molar-refractivity contribution is -0.131. The fourth-order valence-corrected chi connectivity index (χ4v) is 3.67. The summed E-state index contributed by atoms with van der Waals surface area (Å²) in [6.07, 6.45) is -0.500. The number of amides is 2. The van der Waals surface area contributed by atoms with E-state index in [4.69, 9.17) is 11.6 Å². The molecule has 3 atom stereocenters. The average molecular weight is 404 g/mol. The van der Waals surface area contributed by atoms with Crippen LogP contribution >= 0.6 is 11.6 Å². The number of nitrogens with zero attached hydrogens (tertiary/aromatic N) is 3. The third kappa shape index (κ3) is 3.74. The number of rotatable bonds is 4. The van der Waals surface area contributed by atoms with E-state index in [9.17, 15) is 9.59 Å². The standard InChI is InChI=1S/C18H22ClN7O2/c1-10-7-14(21-15(27)8-11-3-5-12(19)6-4-11)26(24-10)18-22-16-13(17(28)23-18)9-20-25(16)2/h3-7,13,16,18,20,22H,8-9H2,1-2H3,(H,21,27)(H,23,28). The minimum Gasteiger partial charge on any atom is -0.321 e. The van der Waals surface area contributed by atoms with Crippen LogP contribution < -0.4 is 21.4 Å². The van der Waals surface area contributed by atoms with Crippen molar-refractivity contribution in [3.8, 4) is 0 Å². The molecule has 9 nitrogen and oxygen atoms in total. The SMILES string of the molecule is Cc1cc(NC(=O)Cc2ccc(Cl)cc2)n(C2NC(=O)C3CNN(C)C3N2)n1. The fraction of sp³-hybridized carbons (Fsp3) is 0.389. The van der Waals surface area contributed by atoms with Crippen molar-refractivity contribution in [2.75, 3.05) is 18.9 Å². The molecule has 3 heterocycles. The van der Waals surface area contributed by atoms with Crippen LogP contribution in [-0.4, -0.2) is 46.4 Å². The second-order valence-electron chi connectivity index (χ2n) is 7.07. The molecule has 3 unspecified atom stereocenters. The van der Waals surface area contributed by atoms with E-state index in [0.717, 1.165) is 11.3 Å². The molecule has 0 bridgehead atoms. The minimum absolute atomic E-state index is 0.0582. The third-order valence-corrected chi connectivity index (χ3v) is 5.20. The van der Waals surface area contributed by atoms with Gasteiger partial charge in [-0.1, -0.05) is 23.7 Å². The summed E-state index contributed by atoms with van der Waals surface area (Å²) < 4.78 is 1.59. The van der Waals surface area contributed by atoms with E-state index >= 15 is 0 Å². The molecule has 148 valence electrons. The van der Waals surface area contributed by atoms with E-state index in [1.54, 1.807) is 22.9 Å². The molecule has 1 aromatic carbocycles. The largest absolute Gasteiger partial charge is 0.321 e. The topological polar surface area (TPSA) is 103 Å². The van der Waals surface area contributed by atoms with Crippen molar-refractivity contribution in [2.24, 2.45) is 5.92 Å². The van der Waals surface area contributed by atoms with E-state index < -0.39 is 6.29 Å². The third-order valence-electron chi connectivity index (χ3n) is 4.95. The second kappa shape index (κ2) is 7.51. The van der Waals surface area contributed by atoms with Crippen molar-refractivity contribution in [2.45, 2.75) is 25.8 Å². The zero-order valence-electron chi connectivity index (χ0n) is 15.6. The highest BCUT2D eigenvalue weighted by molar-refractivity contribution is 6.30. The van der Waals surface area contributed by atoms with E-state index in [1.807, 2.05) is 31.1 Å². The predicted molar refractivity (Wildman–Crippen MR) is 104 cm³/mol. The molecule has 0 spiro atoms. The molecule has 2 saturated heterocycles. The number of aromatic nitrogens is 2. The number of hydrogen-bond acceptors (Lipinski definition) is 6. The zero-order chi connectivity index (χ0) is 19.8. The van der Waals surface area contributed by atoms with Crippen molar-refractivity contribution in [1.29, 1.82) is 0 Å². The molecule has 2 aromatic rings. The molecule has 2 fully saturated rings. The number of anilines is 1. The summed E-state index contributed by atoms with van der Waals surface area (Å²) in [6.45, 7) is 2.41. The summed E-state index contributed by atoms with van der Waals surface area (Å²) in [5.41, 5.74) is 4.74. The molecule has 4 rings (SSSR count). The molecule has 2 amide bonds. The monoisotopic (exact) mass is 403 g/mol. The Hall–Kier alpha value is -2.46. The van der Waals surface area contributed by atoms with Gasteiger partial charge in [0, 0.05) is 24.7 Å². The number of benzene rings is 1. The highest BCUT2D eigenvalue weighted by Crippen LogP contribution is 2.23. The van der Waals surface area contributed by atoms with Crippen LogP contribution in [-0.2, 0) is 16.0 Å². The lowest BCUT2D eigenvalue weighted by Crippen LogP contribution is -2.61. The van der Waals surface area contributed by atoms with Crippen molar-refractivity contribution in [3.63, 3.8) is 0 Å². The molecule has 28 heavy (non-hydrogen) atoms. The molecule has 4 N–H and O–H groups in total. The molecule has 1 aromatic heterocycles. The number of carbonyl (C=O) groups excluding carboxylic acids is 2. The number of halogens is 1. The number of hydrogen-bond donors (Lipinski definition) is 4. The molecular formula is C18H22ClN7O2. The van der Waals surface area contributed by atoms with Gasteiger partial charge in [0.05, 0.1) is 24.2 Å². The fourth-order valence-electron chi connectivity index (χ4n) is 3.54. The Morgan fingerprint density at radius 2 is 2.11 bits per heavy atom. The minimum atomic E-state index is -0.560. The Kier molecular flexibility index (Phi) is 5.07. The smallest absolute Gasteiger partial charge is 0.230 e. The highest BCUT2D eigenvalue weighted by atomic mass is 35.5. The van der Waals surface area contributed by atoms with E-state index in [0.29, 0.717) is 17.4 Å². The van der Waals surface area contributed by atoms with Gasteiger partial charge in [0.25, 0.3) is 0 Å². The highest BCUT2D eigenvalue weighted by Gasteiger charge is 2.43. The Bertz CT molecular complexity index is 898. The van der Waals surface area contributed by atoms with Crippen LogP contribution in [0.25, 0.3) is 0 Å². The Morgan fingerprint density at radius 1 is 1.36 bits per heavy atom. The van der Waals surface area contributed by atoms with E-state index in [2.05, 4.69) is 26.5 Å². The molecule has 0 radical (unpaired) electrons. The van der Waals surface area contributed by atoms with Crippen molar-refractivity contribution >= 4 is 29.2 Å². The number of carbonyl (C=O) groups is 2.